The molecule has 0 unspecified atom stereocenters. The predicted molar refractivity (Wildman–Crippen MR) is 45.6 cm³/mol. The van der Waals surface area contributed by atoms with E-state index in [1.165, 1.54) is 5.06 Å². The summed E-state index contributed by atoms with van der Waals surface area (Å²) >= 11 is 10.1. The van der Waals surface area contributed by atoms with Gasteiger partial charge in [-0.1, -0.05) is 5.92 Å². The number of hydrogen-bond acceptors (Lipinski definition) is 2. The summed E-state index contributed by atoms with van der Waals surface area (Å²) in [7, 11) is 0. The zero-order valence-electron chi connectivity index (χ0n) is 5.63. The molecule has 0 rings (SSSR count). The first kappa shape index (κ1) is 9.70. The van der Waals surface area contributed by atoms with Crippen molar-refractivity contribution in [3.8, 4) is 12.3 Å². The van der Waals surface area contributed by atoms with E-state index < -0.39 is 0 Å². The first-order valence-electron chi connectivity index (χ1n) is 2.75. The Kier molecular flexibility index (Phi) is 5.32. The van der Waals surface area contributed by atoms with E-state index in [1.807, 2.05) is 6.92 Å². The van der Waals surface area contributed by atoms with E-state index in [2.05, 4.69) is 18.1 Å². The lowest BCUT2D eigenvalue weighted by Gasteiger charge is -2.16. The fraction of sp³-hybridized carbons (Fsp3) is 0.500. The number of terminal acetylenes is 1. The van der Waals surface area contributed by atoms with Crippen LogP contribution < -0.4 is 0 Å². The molecule has 0 heterocycles. The van der Waals surface area contributed by atoms with Crippen molar-refractivity contribution in [2.75, 3.05) is 13.2 Å². The number of hydroxylamine groups is 2. The Morgan fingerprint density at radius 2 is 2.50 bits per heavy atom. The summed E-state index contributed by atoms with van der Waals surface area (Å²) in [6.07, 6.45) is 4.94. The first-order chi connectivity index (χ1) is 4.72. The summed E-state index contributed by atoms with van der Waals surface area (Å²) in [5.41, 5.74) is 0. The molecule has 0 radical (unpaired) electrons. The number of rotatable bonds is 3. The molecule has 0 fully saturated rings. The highest BCUT2D eigenvalue weighted by atomic mass is 35.5. The molecule has 0 aromatic carbocycles. The number of halogens is 1. The largest absolute Gasteiger partial charge is 0.259 e. The molecule has 0 N–H and O–H groups in total. The second-order valence-electron chi connectivity index (χ2n) is 1.43. The van der Waals surface area contributed by atoms with Crippen molar-refractivity contribution < 1.29 is 4.84 Å². The Bertz CT molecular complexity index is 154. The van der Waals surface area contributed by atoms with Gasteiger partial charge in [0.25, 0.3) is 0 Å². The minimum atomic E-state index is 0.178. The van der Waals surface area contributed by atoms with Crippen LogP contribution >= 0.6 is 23.8 Å². The lowest BCUT2D eigenvalue weighted by Crippen LogP contribution is -2.25. The van der Waals surface area contributed by atoms with Crippen molar-refractivity contribution in [1.29, 1.82) is 0 Å². The second-order valence-corrected chi connectivity index (χ2v) is 2.39. The molecule has 56 valence electrons. The molecule has 0 atom stereocenters. The van der Waals surface area contributed by atoms with Crippen LogP contribution in [-0.2, 0) is 4.84 Å². The third kappa shape index (κ3) is 3.67. The van der Waals surface area contributed by atoms with Crippen LogP contribution in [0.15, 0.2) is 0 Å². The van der Waals surface area contributed by atoms with Crippen molar-refractivity contribution in [2.45, 2.75) is 6.92 Å². The molecule has 4 heteroatoms. The minimum absolute atomic E-state index is 0.178. The van der Waals surface area contributed by atoms with Crippen LogP contribution in [0, 0.1) is 12.3 Å². The molecular formula is C6H8ClNOS. The Labute approximate surface area is 71.1 Å². The van der Waals surface area contributed by atoms with E-state index in [1.54, 1.807) is 0 Å². The SMILES string of the molecule is C#CCON(CC)C(=S)Cl. The summed E-state index contributed by atoms with van der Waals surface area (Å²) in [5, 5.41) is 1.36. The van der Waals surface area contributed by atoms with Gasteiger partial charge in [-0.3, -0.25) is 4.84 Å². The van der Waals surface area contributed by atoms with E-state index >= 15 is 0 Å². The maximum atomic E-state index is 5.44. The van der Waals surface area contributed by atoms with Gasteiger partial charge in [-0.05, 0) is 30.7 Å². The maximum Gasteiger partial charge on any atom is 0.194 e. The van der Waals surface area contributed by atoms with Gasteiger partial charge in [-0.25, -0.2) is 5.06 Å². The molecule has 0 saturated carbocycles. The van der Waals surface area contributed by atoms with Crippen molar-refractivity contribution in [1.82, 2.24) is 5.06 Å². The van der Waals surface area contributed by atoms with Gasteiger partial charge in [-0.15, -0.1) is 6.42 Å². The van der Waals surface area contributed by atoms with Gasteiger partial charge in [0.1, 0.15) is 6.61 Å². The van der Waals surface area contributed by atoms with Crippen LogP contribution in [0.4, 0.5) is 0 Å². The molecule has 0 saturated heterocycles. The monoisotopic (exact) mass is 177 g/mol. The van der Waals surface area contributed by atoms with Crippen LogP contribution in [0.5, 0.6) is 0 Å². The normalized spacial score (nSPS) is 8.50. The fourth-order valence-electron chi connectivity index (χ4n) is 0.382. The quantitative estimate of drug-likeness (QED) is 0.213. The summed E-state index contributed by atoms with van der Waals surface area (Å²) < 4.78 is 0.178. The molecule has 0 aliphatic heterocycles. The highest BCUT2D eigenvalue weighted by molar-refractivity contribution is 7.83. The van der Waals surface area contributed by atoms with Crippen molar-refractivity contribution in [3.05, 3.63) is 0 Å². The number of hydrogen-bond donors (Lipinski definition) is 0. The van der Waals surface area contributed by atoms with Gasteiger partial charge in [0.05, 0.1) is 0 Å². The van der Waals surface area contributed by atoms with E-state index in [-0.39, 0.29) is 11.1 Å². The summed E-state index contributed by atoms with van der Waals surface area (Å²) in [6.45, 7) is 2.66. The highest BCUT2D eigenvalue weighted by Crippen LogP contribution is 1.96. The average Bonchev–Trinajstić information content (AvgIpc) is 1.89. The highest BCUT2D eigenvalue weighted by Gasteiger charge is 2.02. The van der Waals surface area contributed by atoms with Gasteiger partial charge in [-0.2, -0.15) is 0 Å². The lowest BCUT2D eigenvalue weighted by atomic mass is 10.7. The van der Waals surface area contributed by atoms with Crippen molar-refractivity contribution >= 4 is 28.3 Å². The second kappa shape index (κ2) is 5.48. The van der Waals surface area contributed by atoms with Gasteiger partial charge < -0.3 is 0 Å². The lowest BCUT2D eigenvalue weighted by molar-refractivity contribution is -0.0740. The van der Waals surface area contributed by atoms with Crippen LogP contribution in [0.1, 0.15) is 6.92 Å². The van der Waals surface area contributed by atoms with E-state index in [4.69, 9.17) is 22.9 Å². The molecule has 0 spiro atoms. The molecule has 0 aromatic heterocycles. The topological polar surface area (TPSA) is 12.5 Å². The van der Waals surface area contributed by atoms with E-state index in [0.29, 0.717) is 6.54 Å². The Morgan fingerprint density at radius 1 is 1.90 bits per heavy atom. The number of thiocarbonyl (C=S) groups is 1. The summed E-state index contributed by atoms with van der Waals surface area (Å²) in [5.74, 6) is 2.31. The van der Waals surface area contributed by atoms with E-state index in [0.717, 1.165) is 0 Å². The Morgan fingerprint density at radius 3 is 2.80 bits per heavy atom. The molecule has 0 amide bonds. The van der Waals surface area contributed by atoms with Crippen molar-refractivity contribution in [3.63, 3.8) is 0 Å². The van der Waals surface area contributed by atoms with Crippen LogP contribution in [0.2, 0.25) is 0 Å². The minimum Gasteiger partial charge on any atom is -0.259 e. The van der Waals surface area contributed by atoms with Gasteiger partial charge in [0.15, 0.2) is 4.45 Å². The average molecular weight is 178 g/mol. The predicted octanol–water partition coefficient (Wildman–Crippen LogP) is 1.40. The van der Waals surface area contributed by atoms with Gasteiger partial charge in [0, 0.05) is 6.54 Å². The Balaban J connectivity index is 3.63. The summed E-state index contributed by atoms with van der Waals surface area (Å²) in [4.78, 5) is 4.93. The molecule has 0 aliphatic rings. The van der Waals surface area contributed by atoms with Gasteiger partial charge in [0.2, 0.25) is 0 Å². The third-order valence-corrected chi connectivity index (χ3v) is 1.18. The van der Waals surface area contributed by atoms with Crippen LogP contribution in [0.25, 0.3) is 0 Å². The van der Waals surface area contributed by atoms with Gasteiger partial charge >= 0.3 is 0 Å². The summed E-state index contributed by atoms with van der Waals surface area (Å²) in [6, 6.07) is 0. The fourth-order valence-corrected chi connectivity index (χ4v) is 0.732. The van der Waals surface area contributed by atoms with Crippen LogP contribution in [0.3, 0.4) is 0 Å². The zero-order valence-corrected chi connectivity index (χ0v) is 7.21. The molecule has 0 bridgehead atoms. The van der Waals surface area contributed by atoms with Crippen molar-refractivity contribution in [2.24, 2.45) is 0 Å². The third-order valence-electron chi connectivity index (χ3n) is 0.787. The number of nitrogens with zero attached hydrogens (tertiary/aromatic N) is 1. The first-order valence-corrected chi connectivity index (χ1v) is 3.54. The van der Waals surface area contributed by atoms with Crippen LogP contribution in [-0.4, -0.2) is 22.7 Å². The van der Waals surface area contributed by atoms with E-state index in [9.17, 15) is 0 Å². The molecular weight excluding hydrogens is 170 g/mol. The Hall–Kier alpha value is -0.300. The zero-order chi connectivity index (χ0) is 7.98. The molecule has 0 aliphatic carbocycles. The molecule has 0 aromatic rings. The smallest absolute Gasteiger partial charge is 0.194 e. The molecule has 2 nitrogen and oxygen atoms in total. The molecule has 10 heavy (non-hydrogen) atoms. The standard InChI is InChI=1S/C6H8ClNOS/c1-3-5-9-8(4-2)6(7)10/h1H,4-5H2,2H3. The maximum absolute atomic E-state index is 5.44.